The number of nitriles is 1. The van der Waals surface area contributed by atoms with Crippen molar-refractivity contribution >= 4 is 5.78 Å². The lowest BCUT2D eigenvalue weighted by atomic mass is 9.75. The van der Waals surface area contributed by atoms with Crippen LogP contribution < -0.4 is 0 Å². The summed E-state index contributed by atoms with van der Waals surface area (Å²) < 4.78 is 0. The minimum atomic E-state index is -0.156. The van der Waals surface area contributed by atoms with Gasteiger partial charge in [-0.05, 0) is 12.8 Å². The van der Waals surface area contributed by atoms with E-state index in [1.54, 1.807) is 0 Å². The van der Waals surface area contributed by atoms with Gasteiger partial charge in [0, 0.05) is 17.8 Å². The van der Waals surface area contributed by atoms with Gasteiger partial charge in [-0.1, -0.05) is 6.08 Å². The molecule has 0 amide bonds. The van der Waals surface area contributed by atoms with E-state index in [9.17, 15) is 4.79 Å². The Morgan fingerprint density at radius 2 is 2.50 bits per heavy atom. The molecule has 2 rings (SSSR count). The fourth-order valence-electron chi connectivity index (χ4n) is 2.59. The number of rotatable bonds is 1. The fourth-order valence-corrected chi connectivity index (χ4v) is 2.59. The molecule has 2 bridgehead atoms. The van der Waals surface area contributed by atoms with Crippen LogP contribution in [0, 0.1) is 28.6 Å². The van der Waals surface area contributed by atoms with Gasteiger partial charge < -0.3 is 0 Å². The molecule has 0 aromatic rings. The molecule has 3 unspecified atom stereocenters. The Hall–Kier alpha value is -1.10. The van der Waals surface area contributed by atoms with Gasteiger partial charge in [-0.2, -0.15) is 5.26 Å². The van der Waals surface area contributed by atoms with Crippen molar-refractivity contribution in [1.29, 1.82) is 5.26 Å². The van der Waals surface area contributed by atoms with E-state index < -0.39 is 0 Å². The summed E-state index contributed by atoms with van der Waals surface area (Å²) in [5.41, 5.74) is -0.156. The number of nitrogens with zero attached hydrogens (tertiary/aromatic N) is 1. The maximum Gasteiger partial charge on any atom is 0.136 e. The van der Waals surface area contributed by atoms with Crippen LogP contribution in [0.4, 0.5) is 0 Å². The number of carbonyl (C=O) groups excluding carboxylic acids is 1. The number of fused-ring (bicyclic) bond motifs is 2. The Balaban J connectivity index is 2.36. The monoisotopic (exact) mass is 161 g/mol. The minimum absolute atomic E-state index is 0.0395. The van der Waals surface area contributed by atoms with Crippen LogP contribution in [0.3, 0.4) is 0 Å². The van der Waals surface area contributed by atoms with Gasteiger partial charge in [0.25, 0.3) is 0 Å². The first-order valence-corrected chi connectivity index (χ1v) is 4.28. The summed E-state index contributed by atoms with van der Waals surface area (Å²) >= 11 is 0. The average Bonchev–Trinajstić information content (AvgIpc) is 2.58. The van der Waals surface area contributed by atoms with Gasteiger partial charge in [0.05, 0.1) is 12.0 Å². The zero-order valence-electron chi connectivity index (χ0n) is 6.92. The lowest BCUT2D eigenvalue weighted by molar-refractivity contribution is -0.122. The lowest BCUT2D eigenvalue weighted by Crippen LogP contribution is -2.25. The minimum Gasteiger partial charge on any atom is -0.299 e. The second-order valence-electron chi connectivity index (χ2n) is 3.90. The highest BCUT2D eigenvalue weighted by molar-refractivity contribution is 5.86. The summed E-state index contributed by atoms with van der Waals surface area (Å²) in [5.74, 6) is 0.534. The summed E-state index contributed by atoms with van der Waals surface area (Å²) in [4.78, 5) is 11.3. The molecule has 0 aliphatic heterocycles. The number of carbonyl (C=O) groups is 1. The number of hydrogen-bond acceptors (Lipinski definition) is 2. The Labute approximate surface area is 71.9 Å². The number of ketones is 1. The second kappa shape index (κ2) is 2.20. The lowest BCUT2D eigenvalue weighted by Gasteiger charge is -2.25. The molecule has 62 valence electrons. The third-order valence-corrected chi connectivity index (χ3v) is 3.36. The van der Waals surface area contributed by atoms with E-state index in [0.29, 0.717) is 12.2 Å². The van der Waals surface area contributed by atoms with Gasteiger partial charge >= 0.3 is 0 Å². The van der Waals surface area contributed by atoms with Crippen molar-refractivity contribution in [2.24, 2.45) is 17.3 Å². The third kappa shape index (κ3) is 0.714. The Morgan fingerprint density at radius 1 is 1.75 bits per heavy atom. The molecular formula is C10H11NO. The Kier molecular flexibility index (Phi) is 1.38. The standard InChI is InChI=1S/C10H11NO/c1-2-10-4-7(9(12)5-10)3-8(10)6-11/h2,7-8H,1,3-5H2. The van der Waals surface area contributed by atoms with Crippen LogP contribution in [0.1, 0.15) is 19.3 Å². The van der Waals surface area contributed by atoms with Gasteiger partial charge in [0.15, 0.2) is 0 Å². The molecule has 2 heteroatoms. The van der Waals surface area contributed by atoms with Crippen molar-refractivity contribution in [3.05, 3.63) is 12.7 Å². The van der Waals surface area contributed by atoms with E-state index in [0.717, 1.165) is 12.8 Å². The topological polar surface area (TPSA) is 40.9 Å². The van der Waals surface area contributed by atoms with Crippen molar-refractivity contribution in [2.45, 2.75) is 19.3 Å². The quantitative estimate of drug-likeness (QED) is 0.549. The van der Waals surface area contributed by atoms with Gasteiger partial charge in [0.1, 0.15) is 5.78 Å². The maximum absolute atomic E-state index is 11.3. The van der Waals surface area contributed by atoms with E-state index in [2.05, 4.69) is 12.6 Å². The molecule has 0 heterocycles. The third-order valence-electron chi connectivity index (χ3n) is 3.36. The SMILES string of the molecule is C=CC12CC(=O)C(CC1C#N)C2. The maximum atomic E-state index is 11.3. The molecule has 2 nitrogen and oxygen atoms in total. The van der Waals surface area contributed by atoms with Crippen LogP contribution >= 0.6 is 0 Å². The zero-order chi connectivity index (χ0) is 8.77. The summed E-state index contributed by atoms with van der Waals surface area (Å²) in [5, 5.41) is 8.86. The molecule has 0 aromatic carbocycles. The first-order valence-electron chi connectivity index (χ1n) is 4.28. The Bertz CT molecular complexity index is 289. The zero-order valence-corrected chi connectivity index (χ0v) is 6.92. The van der Waals surface area contributed by atoms with Crippen molar-refractivity contribution in [1.82, 2.24) is 0 Å². The summed E-state index contributed by atoms with van der Waals surface area (Å²) in [7, 11) is 0. The predicted molar refractivity (Wildman–Crippen MR) is 44.1 cm³/mol. The summed E-state index contributed by atoms with van der Waals surface area (Å²) in [6, 6.07) is 2.28. The van der Waals surface area contributed by atoms with E-state index in [4.69, 9.17) is 5.26 Å². The molecule has 0 spiro atoms. The molecule has 3 atom stereocenters. The van der Waals surface area contributed by atoms with E-state index in [1.807, 2.05) is 6.08 Å². The summed E-state index contributed by atoms with van der Waals surface area (Å²) in [6.45, 7) is 3.74. The molecule has 12 heavy (non-hydrogen) atoms. The highest BCUT2D eigenvalue weighted by atomic mass is 16.1. The molecule has 2 fully saturated rings. The smallest absolute Gasteiger partial charge is 0.136 e. The highest BCUT2D eigenvalue weighted by Crippen LogP contribution is 2.56. The first-order chi connectivity index (χ1) is 5.72. The van der Waals surface area contributed by atoms with Crippen molar-refractivity contribution < 1.29 is 4.79 Å². The Morgan fingerprint density at radius 3 is 3.00 bits per heavy atom. The van der Waals surface area contributed by atoms with Gasteiger partial charge in [0.2, 0.25) is 0 Å². The average molecular weight is 161 g/mol. The largest absolute Gasteiger partial charge is 0.299 e. The molecule has 0 aromatic heterocycles. The van der Waals surface area contributed by atoms with Gasteiger partial charge in [-0.3, -0.25) is 4.79 Å². The molecule has 0 radical (unpaired) electrons. The van der Waals surface area contributed by atoms with Crippen LogP contribution in [0.2, 0.25) is 0 Å². The number of allylic oxidation sites excluding steroid dienone is 1. The molecular weight excluding hydrogens is 150 g/mol. The van der Waals surface area contributed by atoms with Crippen LogP contribution in [-0.4, -0.2) is 5.78 Å². The van der Waals surface area contributed by atoms with Crippen molar-refractivity contribution in [3.8, 4) is 6.07 Å². The fraction of sp³-hybridized carbons (Fsp3) is 0.600. The van der Waals surface area contributed by atoms with Crippen LogP contribution in [0.5, 0.6) is 0 Å². The number of hydrogen-bond donors (Lipinski definition) is 0. The normalized spacial score (nSPS) is 44.4. The van der Waals surface area contributed by atoms with Crippen molar-refractivity contribution in [2.75, 3.05) is 0 Å². The van der Waals surface area contributed by atoms with Gasteiger partial charge in [-0.25, -0.2) is 0 Å². The van der Waals surface area contributed by atoms with Crippen molar-refractivity contribution in [3.63, 3.8) is 0 Å². The van der Waals surface area contributed by atoms with E-state index in [1.165, 1.54) is 0 Å². The molecule has 0 saturated heterocycles. The summed E-state index contributed by atoms with van der Waals surface area (Å²) in [6.07, 6.45) is 4.01. The molecule has 2 aliphatic rings. The van der Waals surface area contributed by atoms with Crippen LogP contribution in [0.25, 0.3) is 0 Å². The first kappa shape index (κ1) is 7.54. The van der Waals surface area contributed by atoms with Gasteiger partial charge in [-0.15, -0.1) is 6.58 Å². The number of Topliss-reactive ketones (excluding diaryl/α,β-unsaturated/α-hetero) is 1. The van der Waals surface area contributed by atoms with E-state index in [-0.39, 0.29) is 17.3 Å². The molecule has 2 aliphatic carbocycles. The van der Waals surface area contributed by atoms with E-state index >= 15 is 0 Å². The molecule has 2 saturated carbocycles. The predicted octanol–water partition coefficient (Wildman–Crippen LogP) is 1.68. The molecule has 0 N–H and O–H groups in total. The van der Waals surface area contributed by atoms with Crippen LogP contribution in [-0.2, 0) is 4.79 Å². The van der Waals surface area contributed by atoms with Crippen LogP contribution in [0.15, 0.2) is 12.7 Å². The highest BCUT2D eigenvalue weighted by Gasteiger charge is 2.54. The second-order valence-corrected chi connectivity index (χ2v) is 3.90.